The van der Waals surface area contributed by atoms with Crippen molar-refractivity contribution >= 4 is 15.7 Å². The van der Waals surface area contributed by atoms with Crippen molar-refractivity contribution in [3.63, 3.8) is 0 Å². The molecule has 0 unspecified atom stereocenters. The van der Waals surface area contributed by atoms with Gasteiger partial charge < -0.3 is 4.74 Å². The molecule has 1 aromatic rings. The number of hydrogen-bond acceptors (Lipinski definition) is 5. The summed E-state index contributed by atoms with van der Waals surface area (Å²) in [6, 6.07) is 3.73. The van der Waals surface area contributed by atoms with Gasteiger partial charge in [0.1, 0.15) is 5.75 Å². The van der Waals surface area contributed by atoms with Crippen LogP contribution >= 0.6 is 0 Å². The Hall–Kier alpha value is -1.67. The molecular formula is C8H10N2O5S. The fourth-order valence-electron chi connectivity index (χ4n) is 1.18. The Kier molecular flexibility index (Phi) is 3.45. The van der Waals surface area contributed by atoms with Crippen LogP contribution in [0.2, 0.25) is 0 Å². The van der Waals surface area contributed by atoms with Crippen molar-refractivity contribution in [2.24, 2.45) is 5.14 Å². The molecule has 0 bridgehead atoms. The maximum absolute atomic E-state index is 10.8. The molecule has 0 aliphatic heterocycles. The van der Waals surface area contributed by atoms with Gasteiger partial charge in [-0.2, -0.15) is 0 Å². The molecule has 0 atom stereocenters. The van der Waals surface area contributed by atoms with E-state index in [2.05, 4.69) is 0 Å². The zero-order valence-corrected chi connectivity index (χ0v) is 9.23. The summed E-state index contributed by atoms with van der Waals surface area (Å²) in [6.07, 6.45) is 0. The van der Waals surface area contributed by atoms with Crippen LogP contribution in [0.4, 0.5) is 5.69 Å². The smallest absolute Gasteiger partial charge is 0.273 e. The predicted octanol–water partition coefficient (Wildman–Crippen LogP) is 0.392. The fourth-order valence-corrected chi connectivity index (χ4v) is 1.81. The lowest BCUT2D eigenvalue weighted by Crippen LogP contribution is -2.14. The average Bonchev–Trinajstić information content (AvgIpc) is 2.14. The van der Waals surface area contributed by atoms with Gasteiger partial charge >= 0.3 is 0 Å². The Morgan fingerprint density at radius 3 is 2.50 bits per heavy atom. The van der Waals surface area contributed by atoms with Crippen molar-refractivity contribution in [2.45, 2.75) is 5.75 Å². The molecular weight excluding hydrogens is 236 g/mol. The Labute approximate surface area is 92.0 Å². The van der Waals surface area contributed by atoms with E-state index in [0.717, 1.165) is 6.07 Å². The van der Waals surface area contributed by atoms with Crippen LogP contribution in [0.25, 0.3) is 0 Å². The van der Waals surface area contributed by atoms with E-state index in [0.29, 0.717) is 0 Å². The van der Waals surface area contributed by atoms with Crippen LogP contribution in [0.5, 0.6) is 5.75 Å². The van der Waals surface area contributed by atoms with E-state index in [1.807, 2.05) is 0 Å². The van der Waals surface area contributed by atoms with Crippen LogP contribution < -0.4 is 9.88 Å². The molecule has 0 saturated carbocycles. The highest BCUT2D eigenvalue weighted by Gasteiger charge is 2.13. The number of benzene rings is 1. The van der Waals surface area contributed by atoms with Crippen molar-refractivity contribution in [3.8, 4) is 5.75 Å². The summed E-state index contributed by atoms with van der Waals surface area (Å²) < 4.78 is 26.5. The Morgan fingerprint density at radius 2 is 2.06 bits per heavy atom. The molecule has 1 aromatic carbocycles. The van der Waals surface area contributed by atoms with Crippen molar-refractivity contribution < 1.29 is 18.1 Å². The molecule has 2 N–H and O–H groups in total. The van der Waals surface area contributed by atoms with E-state index in [-0.39, 0.29) is 17.0 Å². The molecule has 0 saturated heterocycles. The van der Waals surface area contributed by atoms with Crippen LogP contribution in [0.3, 0.4) is 0 Å². The Bertz CT molecular complexity index is 511. The number of primary sulfonamides is 1. The number of methoxy groups -OCH3 is 1. The molecule has 0 aliphatic carbocycles. The first-order valence-corrected chi connectivity index (χ1v) is 5.86. The third-order valence-electron chi connectivity index (χ3n) is 1.77. The lowest BCUT2D eigenvalue weighted by Gasteiger charge is -2.03. The van der Waals surface area contributed by atoms with Gasteiger partial charge in [-0.15, -0.1) is 0 Å². The van der Waals surface area contributed by atoms with Crippen LogP contribution in [-0.2, 0) is 15.8 Å². The molecule has 0 amide bonds. The molecule has 0 spiro atoms. The fraction of sp³-hybridized carbons (Fsp3) is 0.250. The number of ether oxygens (including phenoxy) is 1. The second kappa shape index (κ2) is 4.45. The monoisotopic (exact) mass is 246 g/mol. The SMILES string of the molecule is COc1cc(CS(N)(=O)=O)cc([N+](=O)[O-])c1. The number of sulfonamides is 1. The first kappa shape index (κ1) is 12.4. The van der Waals surface area contributed by atoms with Gasteiger partial charge in [0.25, 0.3) is 5.69 Å². The van der Waals surface area contributed by atoms with Gasteiger partial charge in [0.15, 0.2) is 0 Å². The Morgan fingerprint density at radius 1 is 1.44 bits per heavy atom. The number of nitro groups is 1. The van der Waals surface area contributed by atoms with E-state index in [1.165, 1.54) is 19.2 Å². The van der Waals surface area contributed by atoms with E-state index in [9.17, 15) is 18.5 Å². The lowest BCUT2D eigenvalue weighted by molar-refractivity contribution is -0.385. The van der Waals surface area contributed by atoms with Crippen molar-refractivity contribution in [2.75, 3.05) is 7.11 Å². The lowest BCUT2D eigenvalue weighted by atomic mass is 10.2. The summed E-state index contributed by atoms with van der Waals surface area (Å²) in [4.78, 5) is 9.93. The van der Waals surface area contributed by atoms with E-state index >= 15 is 0 Å². The zero-order valence-electron chi connectivity index (χ0n) is 8.41. The van der Waals surface area contributed by atoms with Crippen LogP contribution in [-0.4, -0.2) is 20.5 Å². The molecule has 1 rings (SSSR count). The quantitative estimate of drug-likeness (QED) is 0.610. The second-order valence-electron chi connectivity index (χ2n) is 3.10. The highest BCUT2D eigenvalue weighted by atomic mass is 32.2. The number of hydrogen-bond donors (Lipinski definition) is 1. The van der Waals surface area contributed by atoms with Crippen molar-refractivity contribution in [1.29, 1.82) is 0 Å². The van der Waals surface area contributed by atoms with Crippen molar-refractivity contribution in [3.05, 3.63) is 33.9 Å². The van der Waals surface area contributed by atoms with Gasteiger partial charge in [-0.05, 0) is 11.6 Å². The summed E-state index contributed by atoms with van der Waals surface area (Å²) in [5.41, 5.74) is -0.0217. The molecule has 88 valence electrons. The minimum absolute atomic E-state index is 0.216. The second-order valence-corrected chi connectivity index (χ2v) is 4.72. The van der Waals surface area contributed by atoms with Gasteiger partial charge in [0, 0.05) is 6.07 Å². The normalized spacial score (nSPS) is 11.1. The highest BCUT2D eigenvalue weighted by Crippen LogP contribution is 2.23. The number of nitrogens with zero attached hydrogens (tertiary/aromatic N) is 1. The maximum Gasteiger partial charge on any atom is 0.273 e. The number of nitro benzene ring substituents is 1. The number of rotatable bonds is 4. The summed E-state index contributed by atoms with van der Waals surface area (Å²) >= 11 is 0. The summed E-state index contributed by atoms with van der Waals surface area (Å²) in [5.74, 6) is -0.252. The van der Waals surface area contributed by atoms with Crippen LogP contribution in [0.1, 0.15) is 5.56 Å². The van der Waals surface area contributed by atoms with Crippen LogP contribution in [0.15, 0.2) is 18.2 Å². The minimum atomic E-state index is -3.72. The summed E-state index contributed by atoms with van der Waals surface area (Å²) in [7, 11) is -2.39. The third kappa shape index (κ3) is 3.48. The van der Waals surface area contributed by atoms with Gasteiger partial charge in [-0.1, -0.05) is 0 Å². The molecule has 0 fully saturated rings. The van der Waals surface area contributed by atoms with Gasteiger partial charge in [0.05, 0.1) is 23.9 Å². The first-order chi connectivity index (χ1) is 7.31. The largest absolute Gasteiger partial charge is 0.496 e. The van der Waals surface area contributed by atoms with Gasteiger partial charge in [0.2, 0.25) is 10.0 Å². The van der Waals surface area contributed by atoms with Gasteiger partial charge in [-0.3, -0.25) is 10.1 Å². The first-order valence-electron chi connectivity index (χ1n) is 4.14. The Balaban J connectivity index is 3.19. The van der Waals surface area contributed by atoms with Crippen LogP contribution in [0, 0.1) is 10.1 Å². The highest BCUT2D eigenvalue weighted by molar-refractivity contribution is 7.88. The molecule has 7 nitrogen and oxygen atoms in total. The standard InChI is InChI=1S/C8H10N2O5S/c1-15-8-3-6(5-16(9,13)14)2-7(4-8)10(11)12/h2-4H,5H2,1H3,(H2,9,13,14). The number of nitrogens with two attached hydrogens (primary N) is 1. The molecule has 0 aliphatic rings. The molecule has 0 radical (unpaired) electrons. The minimum Gasteiger partial charge on any atom is -0.496 e. The molecule has 0 heterocycles. The third-order valence-corrected chi connectivity index (χ3v) is 2.50. The van der Waals surface area contributed by atoms with E-state index < -0.39 is 20.7 Å². The molecule has 0 aromatic heterocycles. The molecule has 16 heavy (non-hydrogen) atoms. The van der Waals surface area contributed by atoms with Gasteiger partial charge in [-0.25, -0.2) is 13.6 Å². The van der Waals surface area contributed by atoms with Crippen molar-refractivity contribution in [1.82, 2.24) is 0 Å². The van der Waals surface area contributed by atoms with E-state index in [4.69, 9.17) is 9.88 Å². The topological polar surface area (TPSA) is 113 Å². The maximum atomic E-state index is 10.8. The summed E-state index contributed by atoms with van der Waals surface area (Å²) in [6.45, 7) is 0. The average molecular weight is 246 g/mol. The predicted molar refractivity (Wildman–Crippen MR) is 56.5 cm³/mol. The molecule has 8 heteroatoms. The van der Waals surface area contributed by atoms with E-state index in [1.54, 1.807) is 0 Å². The summed E-state index contributed by atoms with van der Waals surface area (Å²) in [5, 5.41) is 15.4. The number of non-ortho nitro benzene ring substituents is 1. The zero-order chi connectivity index (χ0) is 12.3.